The van der Waals surface area contributed by atoms with Gasteiger partial charge in [0.05, 0.1) is 12.7 Å². The first kappa shape index (κ1) is 16.8. The third kappa shape index (κ3) is 3.99. The van der Waals surface area contributed by atoms with Crippen LogP contribution in [0, 0.1) is 5.92 Å². The summed E-state index contributed by atoms with van der Waals surface area (Å²) >= 11 is 3.62. The van der Waals surface area contributed by atoms with Gasteiger partial charge in [-0.3, -0.25) is 0 Å². The van der Waals surface area contributed by atoms with Crippen molar-refractivity contribution >= 4 is 15.9 Å². The first-order valence-electron chi connectivity index (χ1n) is 7.79. The van der Waals surface area contributed by atoms with Gasteiger partial charge < -0.3 is 14.8 Å². The standard InChI is InChI=1S/C17H26BrNO2/c1-5-20-16(11(2)3)15(19-4)10-13-9-14(18)8-12-6-7-21-17(12)13/h8-9,11,15-16,19H,5-7,10H2,1-4H3. The lowest BCUT2D eigenvalue weighted by molar-refractivity contribution is 0.00525. The Labute approximate surface area is 136 Å². The number of hydrogen-bond acceptors (Lipinski definition) is 3. The Balaban J connectivity index is 2.22. The highest BCUT2D eigenvalue weighted by atomic mass is 79.9. The molecule has 1 aromatic rings. The van der Waals surface area contributed by atoms with E-state index in [1.165, 1.54) is 11.1 Å². The lowest BCUT2D eigenvalue weighted by Crippen LogP contribution is -2.44. The van der Waals surface area contributed by atoms with Crippen molar-refractivity contribution in [2.45, 2.75) is 45.8 Å². The van der Waals surface area contributed by atoms with Crippen LogP contribution in [0.5, 0.6) is 5.75 Å². The molecule has 4 heteroatoms. The fraction of sp³-hybridized carbons (Fsp3) is 0.647. The predicted octanol–water partition coefficient (Wildman–Crippen LogP) is 3.58. The van der Waals surface area contributed by atoms with Crippen LogP contribution in [0.15, 0.2) is 16.6 Å². The van der Waals surface area contributed by atoms with Crippen LogP contribution in [0.3, 0.4) is 0 Å². The third-order valence-corrected chi connectivity index (χ3v) is 4.51. The topological polar surface area (TPSA) is 30.5 Å². The molecular formula is C17H26BrNO2. The number of halogens is 1. The van der Waals surface area contributed by atoms with Gasteiger partial charge in [0.1, 0.15) is 5.75 Å². The quantitative estimate of drug-likeness (QED) is 0.810. The molecule has 118 valence electrons. The maximum Gasteiger partial charge on any atom is 0.125 e. The van der Waals surface area contributed by atoms with E-state index in [9.17, 15) is 0 Å². The van der Waals surface area contributed by atoms with Crippen molar-refractivity contribution in [2.75, 3.05) is 20.3 Å². The van der Waals surface area contributed by atoms with Crippen molar-refractivity contribution in [3.8, 4) is 5.75 Å². The van der Waals surface area contributed by atoms with Gasteiger partial charge in [-0.15, -0.1) is 0 Å². The average Bonchev–Trinajstić information content (AvgIpc) is 2.90. The normalized spacial score (nSPS) is 16.7. The van der Waals surface area contributed by atoms with Gasteiger partial charge in [-0.05, 0) is 49.6 Å². The lowest BCUT2D eigenvalue weighted by atomic mass is 9.92. The minimum atomic E-state index is 0.205. The molecule has 1 N–H and O–H groups in total. The van der Waals surface area contributed by atoms with E-state index in [2.05, 4.69) is 54.2 Å². The smallest absolute Gasteiger partial charge is 0.125 e. The molecular weight excluding hydrogens is 330 g/mol. The summed E-state index contributed by atoms with van der Waals surface area (Å²) in [7, 11) is 2.01. The van der Waals surface area contributed by atoms with Gasteiger partial charge in [-0.25, -0.2) is 0 Å². The van der Waals surface area contributed by atoms with E-state index in [0.717, 1.165) is 36.3 Å². The van der Waals surface area contributed by atoms with E-state index in [1.54, 1.807) is 0 Å². The maximum atomic E-state index is 5.96. The molecule has 3 nitrogen and oxygen atoms in total. The zero-order valence-corrected chi connectivity index (χ0v) is 15.0. The van der Waals surface area contributed by atoms with Crippen LogP contribution < -0.4 is 10.1 Å². The summed E-state index contributed by atoms with van der Waals surface area (Å²) in [6.07, 6.45) is 2.13. The van der Waals surface area contributed by atoms with Gasteiger partial charge in [0, 0.05) is 23.5 Å². The van der Waals surface area contributed by atoms with Crippen LogP contribution in [-0.4, -0.2) is 32.4 Å². The van der Waals surface area contributed by atoms with E-state index in [0.29, 0.717) is 5.92 Å². The zero-order chi connectivity index (χ0) is 15.4. The molecule has 1 heterocycles. The Kier molecular flexibility index (Phi) is 6.08. The summed E-state index contributed by atoms with van der Waals surface area (Å²) in [4.78, 5) is 0. The van der Waals surface area contributed by atoms with E-state index < -0.39 is 0 Å². The fourth-order valence-electron chi connectivity index (χ4n) is 3.08. The predicted molar refractivity (Wildman–Crippen MR) is 90.1 cm³/mol. The molecule has 2 unspecified atom stereocenters. The average molecular weight is 356 g/mol. The Morgan fingerprint density at radius 1 is 1.38 bits per heavy atom. The van der Waals surface area contributed by atoms with Gasteiger partial charge in [-0.1, -0.05) is 29.8 Å². The fourth-order valence-corrected chi connectivity index (χ4v) is 3.64. The second-order valence-electron chi connectivity index (χ2n) is 5.91. The summed E-state index contributed by atoms with van der Waals surface area (Å²) in [5, 5.41) is 3.43. The number of hydrogen-bond donors (Lipinski definition) is 1. The first-order valence-corrected chi connectivity index (χ1v) is 8.59. The maximum absolute atomic E-state index is 5.96. The van der Waals surface area contributed by atoms with Crippen LogP contribution in [0.4, 0.5) is 0 Å². The number of benzene rings is 1. The molecule has 1 aliphatic rings. The molecule has 1 aromatic carbocycles. The molecule has 1 aliphatic heterocycles. The van der Waals surface area contributed by atoms with Crippen molar-refractivity contribution in [3.63, 3.8) is 0 Å². The molecule has 0 radical (unpaired) electrons. The summed E-state index contributed by atoms with van der Waals surface area (Å²) in [5.74, 6) is 1.56. The zero-order valence-electron chi connectivity index (χ0n) is 13.4. The number of likely N-dealkylation sites (N-methyl/N-ethyl adjacent to an activating group) is 1. The molecule has 0 amide bonds. The summed E-state index contributed by atoms with van der Waals surface area (Å²) in [6, 6.07) is 4.63. The third-order valence-electron chi connectivity index (χ3n) is 4.05. The van der Waals surface area contributed by atoms with Crippen molar-refractivity contribution in [1.82, 2.24) is 5.32 Å². The van der Waals surface area contributed by atoms with Crippen LogP contribution >= 0.6 is 15.9 Å². The first-order chi connectivity index (χ1) is 10.1. The van der Waals surface area contributed by atoms with Crippen molar-refractivity contribution in [1.29, 1.82) is 0 Å². The summed E-state index contributed by atoms with van der Waals surface area (Å²) in [6.45, 7) is 8.03. The molecule has 0 aliphatic carbocycles. The van der Waals surface area contributed by atoms with E-state index in [4.69, 9.17) is 9.47 Å². The van der Waals surface area contributed by atoms with Crippen LogP contribution in [-0.2, 0) is 17.6 Å². The van der Waals surface area contributed by atoms with Gasteiger partial charge in [-0.2, -0.15) is 0 Å². The Morgan fingerprint density at radius 3 is 2.76 bits per heavy atom. The molecule has 0 aromatic heterocycles. The number of nitrogens with one attached hydrogen (secondary N) is 1. The number of rotatable bonds is 7. The van der Waals surface area contributed by atoms with Gasteiger partial charge in [0.25, 0.3) is 0 Å². The highest BCUT2D eigenvalue weighted by molar-refractivity contribution is 9.10. The van der Waals surface area contributed by atoms with E-state index in [-0.39, 0.29) is 12.1 Å². The van der Waals surface area contributed by atoms with Crippen LogP contribution in [0.25, 0.3) is 0 Å². The van der Waals surface area contributed by atoms with Gasteiger partial charge >= 0.3 is 0 Å². The van der Waals surface area contributed by atoms with Gasteiger partial charge in [0.15, 0.2) is 0 Å². The number of ether oxygens (including phenoxy) is 2. The highest BCUT2D eigenvalue weighted by Crippen LogP contribution is 2.34. The van der Waals surface area contributed by atoms with Crippen molar-refractivity contribution in [3.05, 3.63) is 27.7 Å². The van der Waals surface area contributed by atoms with E-state index in [1.807, 2.05) is 7.05 Å². The minimum absolute atomic E-state index is 0.205. The second-order valence-corrected chi connectivity index (χ2v) is 6.83. The lowest BCUT2D eigenvalue weighted by Gasteiger charge is -2.30. The summed E-state index contributed by atoms with van der Waals surface area (Å²) in [5.41, 5.74) is 2.58. The Hall–Kier alpha value is -0.580. The Morgan fingerprint density at radius 2 is 2.14 bits per heavy atom. The molecule has 0 bridgehead atoms. The minimum Gasteiger partial charge on any atom is -0.493 e. The second kappa shape index (κ2) is 7.61. The molecule has 2 atom stereocenters. The van der Waals surface area contributed by atoms with Gasteiger partial charge in [0.2, 0.25) is 0 Å². The van der Waals surface area contributed by atoms with E-state index >= 15 is 0 Å². The monoisotopic (exact) mass is 355 g/mol. The largest absolute Gasteiger partial charge is 0.493 e. The summed E-state index contributed by atoms with van der Waals surface area (Å²) < 4.78 is 12.9. The molecule has 0 spiro atoms. The molecule has 21 heavy (non-hydrogen) atoms. The SMILES string of the molecule is CCOC(C(C)C)C(Cc1cc(Br)cc2c1OCC2)NC. The number of fused-ring (bicyclic) bond motifs is 1. The van der Waals surface area contributed by atoms with Crippen molar-refractivity contribution < 1.29 is 9.47 Å². The molecule has 0 saturated heterocycles. The molecule has 0 saturated carbocycles. The van der Waals surface area contributed by atoms with Crippen LogP contribution in [0.1, 0.15) is 31.9 Å². The van der Waals surface area contributed by atoms with Crippen LogP contribution in [0.2, 0.25) is 0 Å². The molecule has 0 fully saturated rings. The highest BCUT2D eigenvalue weighted by Gasteiger charge is 2.27. The van der Waals surface area contributed by atoms with Crippen molar-refractivity contribution in [2.24, 2.45) is 5.92 Å². The molecule has 2 rings (SSSR count). The Bertz CT molecular complexity index is 476.